The third-order valence-corrected chi connectivity index (χ3v) is 4.75. The second-order valence-electron chi connectivity index (χ2n) is 4.63. The number of nitro benzene ring substituents is 1. The highest BCUT2D eigenvalue weighted by atomic mass is 35.5. The van der Waals surface area contributed by atoms with Gasteiger partial charge in [-0.3, -0.25) is 19.6 Å². The van der Waals surface area contributed by atoms with Gasteiger partial charge in [-0.15, -0.1) is 0 Å². The maximum absolute atomic E-state index is 12.3. The molecule has 0 spiro atoms. The van der Waals surface area contributed by atoms with Crippen LogP contribution < -0.4 is 10.0 Å². The smallest absolute Gasteiger partial charge is 0.289 e. The fourth-order valence-corrected chi connectivity index (χ4v) is 3.11. The largest absolute Gasteiger partial charge is 0.355 e. The molecule has 0 unspecified atom stereocenters. The van der Waals surface area contributed by atoms with Gasteiger partial charge in [0.25, 0.3) is 21.6 Å². The summed E-state index contributed by atoms with van der Waals surface area (Å²) in [6.07, 6.45) is 0. The van der Waals surface area contributed by atoms with Crippen LogP contribution in [-0.2, 0) is 10.0 Å². The first-order valence-electron chi connectivity index (χ1n) is 6.53. The minimum Gasteiger partial charge on any atom is -0.355 e. The molecule has 0 radical (unpaired) electrons. The van der Waals surface area contributed by atoms with Gasteiger partial charge in [0.15, 0.2) is 0 Å². The Kier molecular flexibility index (Phi) is 5.05. The SMILES string of the molecule is CNC(=O)c1ccc(NS(=O)(=O)c2ccc(Cl)c([N+](=O)[O-])c2)cc1. The molecule has 24 heavy (non-hydrogen) atoms. The summed E-state index contributed by atoms with van der Waals surface area (Å²) in [6, 6.07) is 8.89. The molecule has 0 saturated heterocycles. The summed E-state index contributed by atoms with van der Waals surface area (Å²) in [6.45, 7) is 0. The van der Waals surface area contributed by atoms with Gasteiger partial charge in [0.1, 0.15) is 5.02 Å². The Bertz CT molecular complexity index is 897. The number of nitrogens with zero attached hydrogens (tertiary/aromatic N) is 1. The van der Waals surface area contributed by atoms with E-state index < -0.39 is 20.6 Å². The number of carbonyl (C=O) groups excluding carboxylic acids is 1. The van der Waals surface area contributed by atoms with Crippen molar-refractivity contribution in [2.75, 3.05) is 11.8 Å². The lowest BCUT2D eigenvalue weighted by Gasteiger charge is -2.09. The van der Waals surface area contributed by atoms with Gasteiger partial charge < -0.3 is 5.32 Å². The van der Waals surface area contributed by atoms with Crippen molar-refractivity contribution in [2.24, 2.45) is 0 Å². The lowest BCUT2D eigenvalue weighted by atomic mass is 10.2. The molecule has 2 rings (SSSR count). The Balaban J connectivity index is 2.30. The topological polar surface area (TPSA) is 118 Å². The number of hydrogen-bond acceptors (Lipinski definition) is 5. The monoisotopic (exact) mass is 369 g/mol. The molecule has 0 saturated carbocycles. The van der Waals surface area contributed by atoms with Crippen LogP contribution in [0.4, 0.5) is 11.4 Å². The molecule has 0 fully saturated rings. The van der Waals surface area contributed by atoms with E-state index in [1.807, 2.05) is 0 Å². The molecule has 1 amide bonds. The second kappa shape index (κ2) is 6.85. The lowest BCUT2D eigenvalue weighted by molar-refractivity contribution is -0.384. The highest BCUT2D eigenvalue weighted by Crippen LogP contribution is 2.28. The van der Waals surface area contributed by atoms with Gasteiger partial charge in [0.2, 0.25) is 0 Å². The first kappa shape index (κ1) is 17.7. The fourth-order valence-electron chi connectivity index (χ4n) is 1.85. The Morgan fingerprint density at radius 2 is 1.79 bits per heavy atom. The number of carbonyl (C=O) groups is 1. The molecule has 2 aromatic carbocycles. The molecule has 0 heterocycles. The third kappa shape index (κ3) is 3.81. The molecule has 0 atom stereocenters. The first-order chi connectivity index (χ1) is 11.2. The van der Waals surface area contributed by atoms with Crippen molar-refractivity contribution in [3.63, 3.8) is 0 Å². The highest BCUT2D eigenvalue weighted by Gasteiger charge is 2.20. The molecule has 8 nitrogen and oxygen atoms in total. The average molecular weight is 370 g/mol. The molecular weight excluding hydrogens is 358 g/mol. The zero-order valence-electron chi connectivity index (χ0n) is 12.3. The van der Waals surface area contributed by atoms with E-state index in [9.17, 15) is 23.3 Å². The molecule has 0 bridgehead atoms. The Morgan fingerprint density at radius 1 is 1.17 bits per heavy atom. The Morgan fingerprint density at radius 3 is 2.33 bits per heavy atom. The van der Waals surface area contributed by atoms with Gasteiger partial charge in [-0.1, -0.05) is 11.6 Å². The second-order valence-corrected chi connectivity index (χ2v) is 6.72. The lowest BCUT2D eigenvalue weighted by Crippen LogP contribution is -2.18. The molecule has 0 aliphatic rings. The summed E-state index contributed by atoms with van der Waals surface area (Å²) < 4.78 is 26.9. The molecule has 2 N–H and O–H groups in total. The third-order valence-electron chi connectivity index (χ3n) is 3.05. The van der Waals surface area contributed by atoms with Crippen LogP contribution in [0.5, 0.6) is 0 Å². The summed E-state index contributed by atoms with van der Waals surface area (Å²) in [4.78, 5) is 21.2. The van der Waals surface area contributed by atoms with Crippen LogP contribution in [0.1, 0.15) is 10.4 Å². The molecule has 0 aromatic heterocycles. The Hall–Kier alpha value is -2.65. The summed E-state index contributed by atoms with van der Waals surface area (Å²) in [7, 11) is -2.56. The van der Waals surface area contributed by atoms with E-state index in [2.05, 4.69) is 10.0 Å². The number of halogens is 1. The zero-order valence-corrected chi connectivity index (χ0v) is 13.9. The van der Waals surface area contributed by atoms with Crippen molar-refractivity contribution in [1.82, 2.24) is 5.32 Å². The van der Waals surface area contributed by atoms with Crippen molar-refractivity contribution in [3.8, 4) is 0 Å². The molecular formula is C14H12ClN3O5S. The van der Waals surface area contributed by atoms with E-state index in [0.717, 1.165) is 18.2 Å². The number of amides is 1. The molecule has 0 aliphatic carbocycles. The predicted octanol–water partition coefficient (Wildman–Crippen LogP) is 2.41. The number of nitrogens with one attached hydrogen (secondary N) is 2. The van der Waals surface area contributed by atoms with Gasteiger partial charge in [-0.25, -0.2) is 8.42 Å². The van der Waals surface area contributed by atoms with Crippen LogP contribution in [-0.4, -0.2) is 26.3 Å². The highest BCUT2D eigenvalue weighted by molar-refractivity contribution is 7.92. The quantitative estimate of drug-likeness (QED) is 0.619. The molecule has 126 valence electrons. The van der Waals surface area contributed by atoms with Crippen molar-refractivity contribution >= 4 is 38.9 Å². The van der Waals surface area contributed by atoms with E-state index >= 15 is 0 Å². The molecule has 2 aromatic rings. The minimum atomic E-state index is -4.04. The molecule has 0 aliphatic heterocycles. The van der Waals surface area contributed by atoms with Crippen molar-refractivity contribution in [3.05, 3.63) is 63.2 Å². The van der Waals surface area contributed by atoms with E-state index in [-0.39, 0.29) is 21.5 Å². The Labute approximate surface area is 142 Å². The van der Waals surface area contributed by atoms with Gasteiger partial charge >= 0.3 is 0 Å². The predicted molar refractivity (Wildman–Crippen MR) is 88.7 cm³/mol. The van der Waals surface area contributed by atoms with Gasteiger partial charge in [-0.2, -0.15) is 0 Å². The van der Waals surface area contributed by atoms with Crippen molar-refractivity contribution in [1.29, 1.82) is 0 Å². The maximum atomic E-state index is 12.3. The van der Waals surface area contributed by atoms with Crippen molar-refractivity contribution in [2.45, 2.75) is 4.90 Å². The van der Waals surface area contributed by atoms with Gasteiger partial charge in [0.05, 0.1) is 9.82 Å². The van der Waals surface area contributed by atoms with Crippen LogP contribution in [0.2, 0.25) is 5.02 Å². The average Bonchev–Trinajstić information content (AvgIpc) is 2.54. The maximum Gasteiger partial charge on any atom is 0.289 e. The van der Waals surface area contributed by atoms with Gasteiger partial charge in [-0.05, 0) is 36.4 Å². The van der Waals surface area contributed by atoms with Crippen LogP contribution >= 0.6 is 11.6 Å². The van der Waals surface area contributed by atoms with Crippen LogP contribution in [0.3, 0.4) is 0 Å². The number of hydrogen-bond donors (Lipinski definition) is 2. The minimum absolute atomic E-state index is 0.158. The number of anilines is 1. The normalized spacial score (nSPS) is 10.9. The van der Waals surface area contributed by atoms with Crippen LogP contribution in [0.25, 0.3) is 0 Å². The summed E-state index contributed by atoms with van der Waals surface area (Å²) in [5, 5.41) is 13.1. The van der Waals surface area contributed by atoms with Gasteiger partial charge in [0, 0.05) is 24.4 Å². The standard InChI is InChI=1S/C14H12ClN3O5S/c1-16-14(19)9-2-4-10(5-3-9)17-24(22,23)11-6-7-12(15)13(8-11)18(20)21/h2-8,17H,1H3,(H,16,19). The number of benzene rings is 2. The number of nitro groups is 1. The summed E-state index contributed by atoms with van der Waals surface area (Å²) in [5.74, 6) is -0.308. The summed E-state index contributed by atoms with van der Waals surface area (Å²) >= 11 is 5.67. The van der Waals surface area contributed by atoms with Crippen LogP contribution in [0, 0.1) is 10.1 Å². The van der Waals surface area contributed by atoms with E-state index in [4.69, 9.17) is 11.6 Å². The van der Waals surface area contributed by atoms with Crippen LogP contribution in [0.15, 0.2) is 47.4 Å². The number of sulfonamides is 1. The van der Waals surface area contributed by atoms with E-state index in [1.54, 1.807) is 0 Å². The number of rotatable bonds is 5. The first-order valence-corrected chi connectivity index (χ1v) is 8.39. The summed E-state index contributed by atoms with van der Waals surface area (Å²) in [5.41, 5.74) is 0.0670. The van der Waals surface area contributed by atoms with E-state index in [1.165, 1.54) is 31.3 Å². The van der Waals surface area contributed by atoms with E-state index in [0.29, 0.717) is 5.56 Å². The zero-order chi connectivity index (χ0) is 17.9. The molecule has 10 heteroatoms. The van der Waals surface area contributed by atoms with Crippen molar-refractivity contribution < 1.29 is 18.1 Å². The fraction of sp³-hybridized carbons (Fsp3) is 0.0714.